The molecule has 0 aliphatic rings. The van der Waals surface area contributed by atoms with Gasteiger partial charge in [0.15, 0.2) is 6.04 Å². The zero-order valence-corrected chi connectivity index (χ0v) is 13.4. The second-order valence-electron chi connectivity index (χ2n) is 5.80. The molecule has 3 unspecified atom stereocenters. The van der Waals surface area contributed by atoms with E-state index in [0.717, 1.165) is 17.5 Å². The Morgan fingerprint density at radius 1 is 1.19 bits per heavy atom. The zero-order valence-electron chi connectivity index (χ0n) is 13.4. The average Bonchev–Trinajstić information content (AvgIpc) is 2.45. The first kappa shape index (κ1) is 17.2. The molecule has 21 heavy (non-hydrogen) atoms. The van der Waals surface area contributed by atoms with E-state index in [2.05, 4.69) is 5.32 Å². The number of carboxylic acids is 1. The normalized spacial score (nSPS) is 15.1. The lowest BCUT2D eigenvalue weighted by Gasteiger charge is -2.22. The van der Waals surface area contributed by atoms with Crippen molar-refractivity contribution in [3.05, 3.63) is 34.9 Å². The van der Waals surface area contributed by atoms with Crippen LogP contribution in [0.25, 0.3) is 0 Å². The second kappa shape index (κ2) is 7.25. The van der Waals surface area contributed by atoms with Gasteiger partial charge in [0.1, 0.15) is 0 Å². The lowest BCUT2D eigenvalue weighted by atomic mass is 9.92. The number of rotatable bonds is 6. The number of carbonyl (C=O) groups is 2. The molecule has 0 saturated heterocycles. The highest BCUT2D eigenvalue weighted by Crippen LogP contribution is 2.20. The maximum absolute atomic E-state index is 12.2. The van der Waals surface area contributed by atoms with E-state index in [9.17, 15) is 14.7 Å². The van der Waals surface area contributed by atoms with E-state index in [0.29, 0.717) is 5.56 Å². The third-order valence-corrected chi connectivity index (χ3v) is 4.31. The number of aryl methyl sites for hydroxylation is 2. The Kier molecular flexibility index (Phi) is 5.94. The van der Waals surface area contributed by atoms with Crippen molar-refractivity contribution < 1.29 is 14.7 Å². The predicted molar refractivity (Wildman–Crippen MR) is 83.1 cm³/mol. The SMILES string of the molecule is CCC(C)C(C)C(=O)NC(C(=O)O)c1ccc(C)c(C)c1. The molecule has 2 N–H and O–H groups in total. The van der Waals surface area contributed by atoms with Crippen LogP contribution in [-0.4, -0.2) is 17.0 Å². The van der Waals surface area contributed by atoms with Crippen LogP contribution < -0.4 is 5.32 Å². The summed E-state index contributed by atoms with van der Waals surface area (Å²) in [7, 11) is 0. The van der Waals surface area contributed by atoms with E-state index >= 15 is 0 Å². The monoisotopic (exact) mass is 291 g/mol. The molecule has 0 aliphatic carbocycles. The van der Waals surface area contributed by atoms with E-state index in [1.54, 1.807) is 6.07 Å². The summed E-state index contributed by atoms with van der Waals surface area (Å²) in [5, 5.41) is 12.1. The summed E-state index contributed by atoms with van der Waals surface area (Å²) in [6, 6.07) is 4.46. The largest absolute Gasteiger partial charge is 0.479 e. The first-order valence-electron chi connectivity index (χ1n) is 7.38. The first-order chi connectivity index (χ1) is 9.77. The summed E-state index contributed by atoms with van der Waals surface area (Å²) in [5.41, 5.74) is 2.72. The minimum absolute atomic E-state index is 0.205. The molecule has 4 nitrogen and oxygen atoms in total. The predicted octanol–water partition coefficient (Wildman–Crippen LogP) is 3.23. The molecule has 4 heteroatoms. The third-order valence-electron chi connectivity index (χ3n) is 4.31. The van der Waals surface area contributed by atoms with Crippen LogP contribution in [-0.2, 0) is 9.59 Å². The van der Waals surface area contributed by atoms with Crippen molar-refractivity contribution in [1.29, 1.82) is 0 Å². The van der Waals surface area contributed by atoms with E-state index in [4.69, 9.17) is 0 Å². The van der Waals surface area contributed by atoms with Gasteiger partial charge in [-0.05, 0) is 36.5 Å². The average molecular weight is 291 g/mol. The number of amides is 1. The van der Waals surface area contributed by atoms with Gasteiger partial charge >= 0.3 is 5.97 Å². The highest BCUT2D eigenvalue weighted by atomic mass is 16.4. The van der Waals surface area contributed by atoms with E-state index < -0.39 is 12.0 Å². The molecule has 116 valence electrons. The molecular weight excluding hydrogens is 266 g/mol. The zero-order chi connectivity index (χ0) is 16.2. The molecular formula is C17H25NO3. The Morgan fingerprint density at radius 3 is 2.29 bits per heavy atom. The molecule has 0 aliphatic heterocycles. The number of benzene rings is 1. The molecule has 1 amide bonds. The van der Waals surface area contributed by atoms with Crippen LogP contribution in [0.4, 0.5) is 0 Å². The van der Waals surface area contributed by atoms with Crippen LogP contribution in [0.15, 0.2) is 18.2 Å². The number of carboxylic acid groups (broad SMARTS) is 1. The van der Waals surface area contributed by atoms with Crippen molar-refractivity contribution >= 4 is 11.9 Å². The topological polar surface area (TPSA) is 66.4 Å². The third kappa shape index (κ3) is 4.31. The number of hydrogen-bond donors (Lipinski definition) is 2. The summed E-state index contributed by atoms with van der Waals surface area (Å²) in [5.74, 6) is -1.24. The van der Waals surface area contributed by atoms with Crippen molar-refractivity contribution in [3.8, 4) is 0 Å². The van der Waals surface area contributed by atoms with Crippen LogP contribution in [0.3, 0.4) is 0 Å². The Morgan fingerprint density at radius 2 is 1.81 bits per heavy atom. The van der Waals surface area contributed by atoms with Gasteiger partial charge in [0.25, 0.3) is 0 Å². The van der Waals surface area contributed by atoms with Crippen LogP contribution in [0.2, 0.25) is 0 Å². The fourth-order valence-corrected chi connectivity index (χ4v) is 2.12. The van der Waals surface area contributed by atoms with Gasteiger partial charge < -0.3 is 10.4 Å². The maximum Gasteiger partial charge on any atom is 0.330 e. The van der Waals surface area contributed by atoms with Gasteiger partial charge in [-0.3, -0.25) is 4.79 Å². The Labute approximate surface area is 126 Å². The molecule has 1 aromatic rings. The Bertz CT molecular complexity index is 525. The fraction of sp³-hybridized carbons (Fsp3) is 0.529. The van der Waals surface area contributed by atoms with E-state index in [1.165, 1.54) is 0 Å². The molecule has 0 fully saturated rings. The number of aliphatic carboxylic acids is 1. The highest BCUT2D eigenvalue weighted by Gasteiger charge is 2.26. The molecule has 0 saturated carbocycles. The molecule has 0 heterocycles. The second-order valence-corrected chi connectivity index (χ2v) is 5.80. The summed E-state index contributed by atoms with van der Waals surface area (Å²) in [4.78, 5) is 23.7. The number of carbonyl (C=O) groups excluding carboxylic acids is 1. The van der Waals surface area contributed by atoms with Crippen LogP contribution in [0.5, 0.6) is 0 Å². The Balaban J connectivity index is 2.95. The van der Waals surface area contributed by atoms with Crippen LogP contribution in [0.1, 0.15) is 49.9 Å². The van der Waals surface area contributed by atoms with Gasteiger partial charge in [0, 0.05) is 5.92 Å². The lowest BCUT2D eigenvalue weighted by molar-refractivity contribution is -0.142. The van der Waals surface area contributed by atoms with Crippen molar-refractivity contribution in [3.63, 3.8) is 0 Å². The molecule has 3 atom stereocenters. The summed E-state index contributed by atoms with van der Waals surface area (Å²) in [6.45, 7) is 9.76. The molecule has 0 radical (unpaired) electrons. The van der Waals surface area contributed by atoms with Gasteiger partial charge in [-0.1, -0.05) is 45.4 Å². The van der Waals surface area contributed by atoms with Crippen molar-refractivity contribution in [1.82, 2.24) is 5.32 Å². The smallest absolute Gasteiger partial charge is 0.330 e. The van der Waals surface area contributed by atoms with Crippen molar-refractivity contribution in [2.75, 3.05) is 0 Å². The van der Waals surface area contributed by atoms with Gasteiger partial charge in [-0.15, -0.1) is 0 Å². The van der Waals surface area contributed by atoms with E-state index in [-0.39, 0.29) is 17.7 Å². The van der Waals surface area contributed by atoms with Crippen LogP contribution >= 0.6 is 0 Å². The molecule has 0 bridgehead atoms. The molecule has 1 rings (SSSR count). The molecule has 0 spiro atoms. The number of hydrogen-bond acceptors (Lipinski definition) is 2. The highest BCUT2D eigenvalue weighted by molar-refractivity contribution is 5.85. The molecule has 1 aromatic carbocycles. The number of nitrogens with one attached hydrogen (secondary N) is 1. The minimum Gasteiger partial charge on any atom is -0.479 e. The van der Waals surface area contributed by atoms with Crippen molar-refractivity contribution in [2.45, 2.75) is 47.1 Å². The quantitative estimate of drug-likeness (QED) is 0.845. The minimum atomic E-state index is -1.04. The van der Waals surface area contributed by atoms with Gasteiger partial charge in [-0.2, -0.15) is 0 Å². The summed E-state index contributed by atoms with van der Waals surface area (Å²) in [6.07, 6.45) is 0.885. The standard InChI is InChI=1S/C17H25NO3/c1-6-10(2)13(5)16(19)18-15(17(20)21)14-8-7-11(3)12(4)9-14/h7-10,13,15H,6H2,1-5H3,(H,18,19)(H,20,21). The first-order valence-corrected chi connectivity index (χ1v) is 7.38. The lowest BCUT2D eigenvalue weighted by Crippen LogP contribution is -2.38. The summed E-state index contributed by atoms with van der Waals surface area (Å²) < 4.78 is 0. The van der Waals surface area contributed by atoms with Crippen molar-refractivity contribution in [2.24, 2.45) is 11.8 Å². The van der Waals surface area contributed by atoms with Gasteiger partial charge in [-0.25, -0.2) is 4.79 Å². The fourth-order valence-electron chi connectivity index (χ4n) is 2.12. The molecule has 0 aromatic heterocycles. The van der Waals surface area contributed by atoms with Gasteiger partial charge in [0.2, 0.25) is 5.91 Å². The van der Waals surface area contributed by atoms with E-state index in [1.807, 2.05) is 46.8 Å². The van der Waals surface area contributed by atoms with Crippen LogP contribution in [0, 0.1) is 25.7 Å². The van der Waals surface area contributed by atoms with Gasteiger partial charge in [0.05, 0.1) is 0 Å². The maximum atomic E-state index is 12.2. The Hall–Kier alpha value is -1.84. The summed E-state index contributed by atoms with van der Waals surface area (Å²) >= 11 is 0.